The first-order valence-electron chi connectivity index (χ1n) is 6.18. The Kier molecular flexibility index (Phi) is 2.96. The van der Waals surface area contributed by atoms with E-state index in [0.717, 1.165) is 12.4 Å². The van der Waals surface area contributed by atoms with Crippen LogP contribution in [0.4, 0.5) is 19.0 Å². The molecule has 1 saturated heterocycles. The number of anilines is 1. The highest BCUT2D eigenvalue weighted by Gasteiger charge is 2.36. The number of carbonyl (C=O) groups is 1. The van der Waals surface area contributed by atoms with Crippen LogP contribution in [0.3, 0.4) is 0 Å². The van der Waals surface area contributed by atoms with Crippen LogP contribution in [-0.2, 0) is 11.0 Å². The summed E-state index contributed by atoms with van der Waals surface area (Å²) in [7, 11) is 0. The Morgan fingerprint density at radius 3 is 2.81 bits per heavy atom. The number of rotatable bonds is 2. The van der Waals surface area contributed by atoms with Crippen molar-refractivity contribution in [3.05, 3.63) is 18.1 Å². The number of nitrogens with two attached hydrogens (primary N) is 1. The third kappa shape index (κ3) is 2.36. The molecular formula is C11H11F3N6O. The molecule has 112 valence electrons. The number of aromatic nitrogens is 4. The predicted molar refractivity (Wildman–Crippen MR) is 65.3 cm³/mol. The maximum atomic E-state index is 12.9. The summed E-state index contributed by atoms with van der Waals surface area (Å²) in [4.78, 5) is 20.0. The van der Waals surface area contributed by atoms with Gasteiger partial charge in [-0.2, -0.15) is 27.8 Å². The molecule has 0 bridgehead atoms. The van der Waals surface area contributed by atoms with Crippen LogP contribution in [0.5, 0.6) is 0 Å². The molecule has 0 aliphatic carbocycles. The molecular weight excluding hydrogens is 289 g/mol. The summed E-state index contributed by atoms with van der Waals surface area (Å²) in [5.41, 5.74) is 4.20. The van der Waals surface area contributed by atoms with Crippen molar-refractivity contribution in [1.82, 2.24) is 19.6 Å². The van der Waals surface area contributed by atoms with Crippen LogP contribution in [0.1, 0.15) is 12.1 Å². The van der Waals surface area contributed by atoms with E-state index in [1.165, 1.54) is 4.52 Å². The summed E-state index contributed by atoms with van der Waals surface area (Å²) in [6, 6.07) is 0.908. The minimum absolute atomic E-state index is 0.137. The maximum absolute atomic E-state index is 12.9. The van der Waals surface area contributed by atoms with E-state index >= 15 is 0 Å². The number of amides is 1. The van der Waals surface area contributed by atoms with Gasteiger partial charge in [0.05, 0.1) is 5.92 Å². The first kappa shape index (κ1) is 13.6. The van der Waals surface area contributed by atoms with Gasteiger partial charge in [-0.1, -0.05) is 0 Å². The lowest BCUT2D eigenvalue weighted by Gasteiger charge is -2.19. The third-order valence-electron chi connectivity index (χ3n) is 3.44. The molecule has 7 nitrogen and oxygen atoms in total. The van der Waals surface area contributed by atoms with E-state index in [4.69, 9.17) is 5.73 Å². The molecule has 2 aromatic rings. The topological polar surface area (TPSA) is 89.4 Å². The van der Waals surface area contributed by atoms with E-state index in [2.05, 4.69) is 15.1 Å². The molecule has 1 aliphatic rings. The second kappa shape index (κ2) is 4.57. The zero-order chi connectivity index (χ0) is 15.2. The quantitative estimate of drug-likeness (QED) is 0.870. The zero-order valence-electron chi connectivity index (χ0n) is 10.7. The molecule has 1 fully saturated rings. The van der Waals surface area contributed by atoms with Crippen molar-refractivity contribution in [2.24, 2.45) is 11.7 Å². The van der Waals surface area contributed by atoms with Gasteiger partial charge in [0.25, 0.3) is 5.78 Å². The standard InChI is InChI=1S/C11H11F3N6O/c12-11(13,14)7-3-8(20-10(18-7)16-5-17-20)19-2-1-6(4-19)9(15)21/h3,5-6H,1-2,4H2,(H2,15,21). The normalized spacial score (nSPS) is 19.4. The Bertz CT molecular complexity index is 697. The molecule has 21 heavy (non-hydrogen) atoms. The van der Waals surface area contributed by atoms with Crippen molar-refractivity contribution in [2.75, 3.05) is 18.0 Å². The molecule has 0 aromatic carbocycles. The molecule has 3 heterocycles. The summed E-state index contributed by atoms with van der Waals surface area (Å²) < 4.78 is 39.9. The highest BCUT2D eigenvalue weighted by atomic mass is 19.4. The molecule has 0 spiro atoms. The summed E-state index contributed by atoms with van der Waals surface area (Å²) in [6.07, 6.45) is -2.95. The van der Waals surface area contributed by atoms with Crippen LogP contribution in [-0.4, -0.2) is 38.6 Å². The number of halogens is 3. The van der Waals surface area contributed by atoms with Crippen molar-refractivity contribution in [3.8, 4) is 0 Å². The molecule has 1 unspecified atom stereocenters. The summed E-state index contributed by atoms with van der Waals surface area (Å²) in [5, 5.41) is 3.87. The van der Waals surface area contributed by atoms with Crippen LogP contribution in [0.25, 0.3) is 5.78 Å². The van der Waals surface area contributed by atoms with Gasteiger partial charge in [0.15, 0.2) is 5.69 Å². The molecule has 10 heteroatoms. The van der Waals surface area contributed by atoms with Crippen molar-refractivity contribution in [2.45, 2.75) is 12.6 Å². The number of nitrogens with zero attached hydrogens (tertiary/aromatic N) is 5. The second-order valence-electron chi connectivity index (χ2n) is 4.80. The predicted octanol–water partition coefficient (Wildman–Crippen LogP) is 0.455. The van der Waals surface area contributed by atoms with Crippen molar-refractivity contribution in [3.63, 3.8) is 0 Å². The van der Waals surface area contributed by atoms with Crippen LogP contribution in [0.2, 0.25) is 0 Å². The highest BCUT2D eigenvalue weighted by Crippen LogP contribution is 2.32. The first-order chi connectivity index (χ1) is 9.86. The lowest BCUT2D eigenvalue weighted by Crippen LogP contribution is -2.28. The van der Waals surface area contributed by atoms with Crippen LogP contribution >= 0.6 is 0 Å². The van der Waals surface area contributed by atoms with Gasteiger partial charge in [0.2, 0.25) is 5.91 Å². The number of hydrogen-bond donors (Lipinski definition) is 1. The zero-order valence-corrected chi connectivity index (χ0v) is 10.7. The number of fused-ring (bicyclic) bond motifs is 1. The third-order valence-corrected chi connectivity index (χ3v) is 3.44. The van der Waals surface area contributed by atoms with Crippen LogP contribution in [0, 0.1) is 5.92 Å². The van der Waals surface area contributed by atoms with E-state index in [0.29, 0.717) is 13.0 Å². The summed E-state index contributed by atoms with van der Waals surface area (Å²) in [6.45, 7) is 0.676. The van der Waals surface area contributed by atoms with Gasteiger partial charge in [0.1, 0.15) is 12.1 Å². The molecule has 0 saturated carbocycles. The molecule has 1 aliphatic heterocycles. The lowest BCUT2D eigenvalue weighted by molar-refractivity contribution is -0.141. The van der Waals surface area contributed by atoms with Crippen molar-refractivity contribution in [1.29, 1.82) is 0 Å². The van der Waals surface area contributed by atoms with Gasteiger partial charge < -0.3 is 10.6 Å². The number of hydrogen-bond acceptors (Lipinski definition) is 5. The Hall–Kier alpha value is -2.39. The van der Waals surface area contributed by atoms with Gasteiger partial charge in [-0.05, 0) is 6.42 Å². The Morgan fingerprint density at radius 2 is 2.19 bits per heavy atom. The first-order valence-corrected chi connectivity index (χ1v) is 6.18. The lowest BCUT2D eigenvalue weighted by atomic mass is 10.1. The summed E-state index contributed by atoms with van der Waals surface area (Å²) in [5.74, 6) is -0.778. The molecule has 1 atom stereocenters. The maximum Gasteiger partial charge on any atom is 0.433 e. The van der Waals surface area contributed by atoms with Crippen molar-refractivity contribution >= 4 is 17.5 Å². The van der Waals surface area contributed by atoms with Gasteiger partial charge in [-0.15, -0.1) is 0 Å². The molecule has 0 radical (unpaired) electrons. The molecule has 1 amide bonds. The minimum Gasteiger partial charge on any atom is -0.369 e. The Labute approximate surface area is 116 Å². The molecule has 2 N–H and O–H groups in total. The number of primary amides is 1. The fourth-order valence-corrected chi connectivity index (χ4v) is 2.37. The van der Waals surface area contributed by atoms with Gasteiger partial charge >= 0.3 is 6.18 Å². The monoisotopic (exact) mass is 300 g/mol. The fraction of sp³-hybridized carbons (Fsp3) is 0.455. The largest absolute Gasteiger partial charge is 0.433 e. The van der Waals surface area contributed by atoms with Crippen molar-refractivity contribution < 1.29 is 18.0 Å². The van der Waals surface area contributed by atoms with Gasteiger partial charge in [-0.25, -0.2) is 4.98 Å². The average Bonchev–Trinajstić information content (AvgIpc) is 3.05. The van der Waals surface area contributed by atoms with E-state index in [-0.39, 0.29) is 24.1 Å². The summed E-state index contributed by atoms with van der Waals surface area (Å²) >= 11 is 0. The minimum atomic E-state index is -4.58. The van der Waals surface area contributed by atoms with E-state index in [1.54, 1.807) is 4.90 Å². The molecule has 2 aromatic heterocycles. The fourth-order valence-electron chi connectivity index (χ4n) is 2.37. The van der Waals surface area contributed by atoms with Crippen LogP contribution < -0.4 is 10.6 Å². The van der Waals surface area contributed by atoms with E-state index in [9.17, 15) is 18.0 Å². The number of alkyl halides is 3. The van der Waals surface area contributed by atoms with E-state index in [1.807, 2.05) is 0 Å². The average molecular weight is 300 g/mol. The molecule has 3 rings (SSSR count). The van der Waals surface area contributed by atoms with E-state index < -0.39 is 17.8 Å². The van der Waals surface area contributed by atoms with Crippen LogP contribution in [0.15, 0.2) is 12.4 Å². The SMILES string of the molecule is NC(=O)C1CCN(c2cc(C(F)(F)F)nc3ncnn23)C1. The van der Waals surface area contributed by atoms with Gasteiger partial charge in [-0.3, -0.25) is 4.79 Å². The number of carbonyl (C=O) groups excluding carboxylic acids is 1. The Morgan fingerprint density at radius 1 is 1.43 bits per heavy atom. The highest BCUT2D eigenvalue weighted by molar-refractivity contribution is 5.78. The van der Waals surface area contributed by atoms with Gasteiger partial charge in [0, 0.05) is 19.2 Å². The Balaban J connectivity index is 2.05. The smallest absolute Gasteiger partial charge is 0.369 e. The second-order valence-corrected chi connectivity index (χ2v) is 4.80.